The summed E-state index contributed by atoms with van der Waals surface area (Å²) in [6.07, 6.45) is 5.99. The van der Waals surface area contributed by atoms with Crippen LogP contribution >= 0.6 is 0 Å². The van der Waals surface area contributed by atoms with E-state index in [-0.39, 0.29) is 30.3 Å². The van der Waals surface area contributed by atoms with Crippen molar-refractivity contribution in [1.29, 1.82) is 0 Å². The number of fused-ring (bicyclic) bond motifs is 2. The second kappa shape index (κ2) is 6.84. The number of azide groups is 1. The molecule has 0 spiro atoms. The number of rotatable bonds is 7. The maximum Gasteiger partial charge on any atom is 0.315 e. The topological polar surface area (TPSA) is 129 Å². The van der Waals surface area contributed by atoms with E-state index in [2.05, 4.69) is 23.0 Å². The van der Waals surface area contributed by atoms with Crippen LogP contribution in [-0.4, -0.2) is 36.5 Å². The molecule has 7 unspecified atom stereocenters. The Labute approximate surface area is 175 Å². The third-order valence-electron chi connectivity index (χ3n) is 8.88. The third-order valence-corrected chi connectivity index (χ3v) is 8.88. The second-order valence-electron chi connectivity index (χ2n) is 10.0. The summed E-state index contributed by atoms with van der Waals surface area (Å²) in [5, 5.41) is 14.0. The molecule has 3 saturated carbocycles. The highest BCUT2D eigenvalue weighted by Crippen LogP contribution is 2.82. The van der Waals surface area contributed by atoms with E-state index in [9.17, 15) is 19.5 Å². The fourth-order valence-corrected chi connectivity index (χ4v) is 7.98. The lowest BCUT2D eigenvalue weighted by Gasteiger charge is -2.58. The molecule has 0 saturated heterocycles. The summed E-state index contributed by atoms with van der Waals surface area (Å²) >= 11 is 0. The Balaban J connectivity index is 1.87. The molecular formula is C22H29N3O5. The first-order chi connectivity index (χ1) is 14.2. The molecule has 4 rings (SSSR count). The van der Waals surface area contributed by atoms with Crippen LogP contribution in [0.15, 0.2) is 16.8 Å². The van der Waals surface area contributed by atoms with Crippen LogP contribution in [0.3, 0.4) is 0 Å². The summed E-state index contributed by atoms with van der Waals surface area (Å²) in [4.78, 5) is 40.7. The van der Waals surface area contributed by atoms with Crippen LogP contribution in [0, 0.1) is 45.8 Å². The number of ether oxygens (including phenoxy) is 1. The van der Waals surface area contributed by atoms with Crippen molar-refractivity contribution in [2.45, 2.75) is 46.5 Å². The number of carbonyl (C=O) groups is 3. The predicted octanol–water partition coefficient (Wildman–Crippen LogP) is 3.76. The van der Waals surface area contributed by atoms with Gasteiger partial charge in [-0.25, -0.2) is 0 Å². The number of aliphatic carboxylic acids is 1. The molecule has 30 heavy (non-hydrogen) atoms. The van der Waals surface area contributed by atoms with Gasteiger partial charge >= 0.3 is 11.9 Å². The molecule has 3 fully saturated rings. The van der Waals surface area contributed by atoms with Gasteiger partial charge in [0.15, 0.2) is 0 Å². The standard InChI is InChI=1S/C22H29N3O5/c1-12(2)17-6-14-7-20(10-26)16-5-4-13(3)15(16)8-21(14,22(17,20)19(28)29)11-30-18(27)9-24-25-23/h6,10,12-16H,4-5,7-9,11H2,1-3H3,(H,28,29). The third kappa shape index (κ3) is 2.23. The van der Waals surface area contributed by atoms with Gasteiger partial charge in [0, 0.05) is 10.3 Å². The first-order valence-corrected chi connectivity index (χ1v) is 10.8. The van der Waals surface area contributed by atoms with Gasteiger partial charge < -0.3 is 14.6 Å². The van der Waals surface area contributed by atoms with Crippen molar-refractivity contribution in [2.75, 3.05) is 13.2 Å². The molecule has 0 amide bonds. The number of allylic oxidation sites excluding steroid dienone is 1. The summed E-state index contributed by atoms with van der Waals surface area (Å²) in [6.45, 7) is 5.63. The minimum atomic E-state index is -1.36. The van der Waals surface area contributed by atoms with Crippen LogP contribution in [0.1, 0.15) is 46.5 Å². The van der Waals surface area contributed by atoms with E-state index in [1.807, 2.05) is 13.8 Å². The molecule has 8 heteroatoms. The number of nitrogens with zero attached hydrogens (tertiary/aromatic N) is 3. The molecule has 1 N–H and O–H groups in total. The molecule has 0 aromatic carbocycles. The number of carbonyl (C=O) groups excluding carboxylic acids is 2. The first-order valence-electron chi connectivity index (χ1n) is 10.8. The summed E-state index contributed by atoms with van der Waals surface area (Å²) in [5.74, 6) is -1.11. The number of hydrogen-bond acceptors (Lipinski definition) is 5. The minimum Gasteiger partial charge on any atom is -0.481 e. The highest BCUT2D eigenvalue weighted by molar-refractivity contribution is 5.90. The number of carboxylic acids is 1. The molecular weight excluding hydrogens is 386 g/mol. The Hall–Kier alpha value is -2.34. The van der Waals surface area contributed by atoms with E-state index < -0.39 is 34.7 Å². The molecule has 0 aromatic heterocycles. The van der Waals surface area contributed by atoms with Crippen molar-refractivity contribution < 1.29 is 24.2 Å². The van der Waals surface area contributed by atoms with Crippen LogP contribution in [0.25, 0.3) is 10.4 Å². The number of esters is 1. The van der Waals surface area contributed by atoms with Gasteiger partial charge in [0.2, 0.25) is 0 Å². The van der Waals surface area contributed by atoms with E-state index in [0.29, 0.717) is 18.8 Å². The average molecular weight is 415 g/mol. The first kappa shape index (κ1) is 20.9. The van der Waals surface area contributed by atoms with Gasteiger partial charge in [0.05, 0.1) is 12.0 Å². The summed E-state index contributed by atoms with van der Waals surface area (Å²) in [7, 11) is 0. The molecule has 162 valence electrons. The highest BCUT2D eigenvalue weighted by atomic mass is 16.5. The monoisotopic (exact) mass is 415 g/mol. The quantitative estimate of drug-likeness (QED) is 0.169. The maximum absolute atomic E-state index is 13.2. The van der Waals surface area contributed by atoms with E-state index in [4.69, 9.17) is 10.3 Å². The largest absolute Gasteiger partial charge is 0.481 e. The van der Waals surface area contributed by atoms with E-state index in [1.54, 1.807) is 0 Å². The van der Waals surface area contributed by atoms with Crippen LogP contribution in [0.4, 0.5) is 0 Å². The van der Waals surface area contributed by atoms with Crippen LogP contribution < -0.4 is 0 Å². The Morgan fingerprint density at radius 1 is 1.40 bits per heavy atom. The maximum atomic E-state index is 13.2. The number of carboxylic acid groups (broad SMARTS) is 1. The van der Waals surface area contributed by atoms with Crippen LogP contribution in [-0.2, 0) is 19.1 Å². The van der Waals surface area contributed by atoms with E-state index >= 15 is 0 Å². The lowest BCUT2D eigenvalue weighted by Crippen LogP contribution is -2.63. The van der Waals surface area contributed by atoms with Gasteiger partial charge in [-0.15, -0.1) is 0 Å². The van der Waals surface area contributed by atoms with Crippen molar-refractivity contribution in [3.8, 4) is 0 Å². The zero-order chi connectivity index (χ0) is 21.9. The molecule has 0 aliphatic heterocycles. The predicted molar refractivity (Wildman–Crippen MR) is 107 cm³/mol. The Kier molecular flexibility index (Phi) is 4.77. The number of hydrogen-bond donors (Lipinski definition) is 1. The lowest BCUT2D eigenvalue weighted by atomic mass is 9.43. The fraction of sp³-hybridized carbons (Fsp3) is 0.773. The zero-order valence-electron chi connectivity index (χ0n) is 17.7. The van der Waals surface area contributed by atoms with Gasteiger partial charge in [-0.1, -0.05) is 44.0 Å². The van der Waals surface area contributed by atoms with Crippen molar-refractivity contribution in [3.63, 3.8) is 0 Å². The molecule has 4 aliphatic carbocycles. The van der Waals surface area contributed by atoms with Crippen LogP contribution in [0.2, 0.25) is 0 Å². The average Bonchev–Trinajstić information content (AvgIpc) is 3.28. The fourth-order valence-electron chi connectivity index (χ4n) is 7.98. The van der Waals surface area contributed by atoms with Crippen molar-refractivity contribution >= 4 is 18.2 Å². The molecule has 0 aromatic rings. The van der Waals surface area contributed by atoms with E-state index in [1.165, 1.54) is 0 Å². The Morgan fingerprint density at radius 3 is 2.73 bits per heavy atom. The van der Waals surface area contributed by atoms with Gasteiger partial charge in [-0.05, 0) is 54.4 Å². The lowest BCUT2D eigenvalue weighted by molar-refractivity contribution is -0.188. The minimum absolute atomic E-state index is 0.0284. The summed E-state index contributed by atoms with van der Waals surface area (Å²) < 4.78 is 5.55. The van der Waals surface area contributed by atoms with Crippen molar-refractivity contribution in [1.82, 2.24) is 0 Å². The summed E-state index contributed by atoms with van der Waals surface area (Å²) in [5.41, 5.74) is 6.10. The Morgan fingerprint density at radius 2 is 2.13 bits per heavy atom. The summed E-state index contributed by atoms with van der Waals surface area (Å²) in [6, 6.07) is 0. The number of aldehydes is 1. The molecule has 4 bridgehead atoms. The Bertz CT molecular complexity index is 878. The second-order valence-corrected chi connectivity index (χ2v) is 10.0. The molecule has 7 atom stereocenters. The molecule has 8 nitrogen and oxygen atoms in total. The van der Waals surface area contributed by atoms with Gasteiger partial charge in [-0.3, -0.25) is 9.59 Å². The highest BCUT2D eigenvalue weighted by Gasteiger charge is 2.84. The van der Waals surface area contributed by atoms with Crippen molar-refractivity contribution in [2.24, 2.45) is 50.9 Å². The van der Waals surface area contributed by atoms with Gasteiger partial charge in [0.1, 0.15) is 18.2 Å². The van der Waals surface area contributed by atoms with E-state index in [0.717, 1.165) is 24.7 Å². The molecule has 0 heterocycles. The zero-order valence-corrected chi connectivity index (χ0v) is 17.7. The molecule has 4 aliphatic rings. The normalized spacial score (nSPS) is 43.0. The van der Waals surface area contributed by atoms with Gasteiger partial charge in [-0.2, -0.15) is 0 Å². The van der Waals surface area contributed by atoms with Crippen molar-refractivity contribution in [3.05, 3.63) is 22.1 Å². The van der Waals surface area contributed by atoms with Crippen LogP contribution in [0.5, 0.6) is 0 Å². The SMILES string of the molecule is CC(C)C1=CC2CC3(C=O)C4CCC(C)C4CC2(COC(=O)CN=[N+]=[N-])C13C(=O)O. The van der Waals surface area contributed by atoms with Gasteiger partial charge in [0.25, 0.3) is 0 Å². The smallest absolute Gasteiger partial charge is 0.315 e. The molecule has 0 radical (unpaired) electrons.